The summed E-state index contributed by atoms with van der Waals surface area (Å²) in [6.45, 7) is 3.77. The summed E-state index contributed by atoms with van der Waals surface area (Å²) in [6.07, 6.45) is 0.724. The zero-order valence-electron chi connectivity index (χ0n) is 45.9. The number of fused-ring (bicyclic) bond motifs is 2. The number of guanidine groups is 1. The number of benzene rings is 4. The first-order chi connectivity index (χ1) is 38.9. The predicted octanol–water partition coefficient (Wildman–Crippen LogP) is 1.72. The molecule has 81 heavy (non-hydrogen) atoms. The van der Waals surface area contributed by atoms with Crippen LogP contribution in [0.25, 0.3) is 22.3 Å². The number of unbranched alkanes of at least 4 members (excludes halogenated alkanes) is 2. The molecule has 0 aromatic heterocycles. The van der Waals surface area contributed by atoms with Crippen molar-refractivity contribution in [2.24, 2.45) is 22.2 Å². The molecule has 22 heteroatoms. The van der Waals surface area contributed by atoms with Crippen LogP contribution in [0.4, 0.5) is 0 Å². The minimum absolute atomic E-state index is 0.0101. The second-order valence-electron chi connectivity index (χ2n) is 21.1. The smallest absolute Gasteiger partial charge is 0.251 e. The van der Waals surface area contributed by atoms with Gasteiger partial charge in [-0.2, -0.15) is 0 Å². The Balaban J connectivity index is 1.13. The number of nitrogens with one attached hydrogen (secondary N) is 5. The quantitative estimate of drug-likeness (QED) is 0.0408. The Hall–Kier alpha value is -8.08. The van der Waals surface area contributed by atoms with Gasteiger partial charge < -0.3 is 73.6 Å². The van der Waals surface area contributed by atoms with Gasteiger partial charge in [0.1, 0.15) is 47.8 Å². The first-order valence-corrected chi connectivity index (χ1v) is 27.9. The number of carbonyl (C=O) groups excluding carboxylic acids is 7. The lowest BCUT2D eigenvalue weighted by atomic mass is 9.99. The van der Waals surface area contributed by atoms with Crippen molar-refractivity contribution in [1.29, 1.82) is 0 Å². The Morgan fingerprint density at radius 3 is 1.96 bits per heavy atom. The first kappa shape index (κ1) is 60.6. The maximum atomic E-state index is 14.6. The second-order valence-corrected chi connectivity index (χ2v) is 21.1. The highest BCUT2D eigenvalue weighted by Crippen LogP contribution is 2.28. The maximum absolute atomic E-state index is 14.6. The molecule has 0 spiro atoms. The number of ether oxygens (including phenoxy) is 1. The Morgan fingerprint density at radius 1 is 0.728 bits per heavy atom. The first-order valence-electron chi connectivity index (χ1n) is 27.9. The number of carbonyl (C=O) groups is 7. The number of phenols is 1. The average Bonchev–Trinajstić information content (AvgIpc) is 4.15. The molecule has 7 amide bonds. The van der Waals surface area contributed by atoms with Crippen LogP contribution in [0.2, 0.25) is 0 Å². The summed E-state index contributed by atoms with van der Waals surface area (Å²) in [7, 11) is 0. The molecule has 3 aliphatic heterocycles. The fourth-order valence-corrected chi connectivity index (χ4v) is 10.3. The molecular weight excluding hydrogens is 1040 g/mol. The van der Waals surface area contributed by atoms with Crippen molar-refractivity contribution in [2.45, 2.75) is 139 Å². The monoisotopic (exact) mass is 1120 g/mol. The van der Waals surface area contributed by atoms with E-state index in [0.29, 0.717) is 12.2 Å². The summed E-state index contributed by atoms with van der Waals surface area (Å²) < 4.78 is 5.87. The number of nitrogens with two attached hydrogens (primary N) is 3. The molecule has 0 saturated carbocycles. The third-order valence-electron chi connectivity index (χ3n) is 14.8. The van der Waals surface area contributed by atoms with Crippen LogP contribution in [-0.4, -0.2) is 160 Å². The number of amides is 7. The molecule has 14 N–H and O–H groups in total. The van der Waals surface area contributed by atoms with E-state index in [4.69, 9.17) is 21.9 Å². The minimum atomic E-state index is -1.68. The van der Waals surface area contributed by atoms with E-state index in [1.807, 2.05) is 48.5 Å². The minimum Gasteiger partial charge on any atom is -0.508 e. The van der Waals surface area contributed by atoms with Crippen LogP contribution in [0.5, 0.6) is 11.5 Å². The molecule has 3 saturated heterocycles. The van der Waals surface area contributed by atoms with E-state index in [-0.39, 0.29) is 94.8 Å². The Kier molecular flexibility index (Phi) is 21.6. The summed E-state index contributed by atoms with van der Waals surface area (Å²) in [5.41, 5.74) is 22.2. The highest BCUT2D eigenvalue weighted by Gasteiger charge is 2.45. The van der Waals surface area contributed by atoms with Crippen molar-refractivity contribution in [3.63, 3.8) is 0 Å². The number of hydrogen-bond acceptors (Lipinski definition) is 13. The largest absolute Gasteiger partial charge is 0.508 e. The van der Waals surface area contributed by atoms with E-state index < -0.39 is 95.9 Å². The van der Waals surface area contributed by atoms with Crippen molar-refractivity contribution >= 4 is 47.3 Å². The van der Waals surface area contributed by atoms with Gasteiger partial charge in [-0.3, -0.25) is 38.6 Å². The molecule has 4 aromatic rings. The molecule has 9 atom stereocenters. The molecular formula is C59H77N11O11. The van der Waals surface area contributed by atoms with Crippen molar-refractivity contribution in [2.75, 3.05) is 32.8 Å². The number of rotatable bonds is 17. The van der Waals surface area contributed by atoms with Crippen molar-refractivity contribution < 1.29 is 53.6 Å². The van der Waals surface area contributed by atoms with Crippen molar-refractivity contribution in [3.8, 4) is 33.8 Å². The lowest BCUT2D eigenvalue weighted by Crippen LogP contribution is -2.61. The topological polar surface area (TPSA) is 346 Å². The number of aliphatic hydroxyl groups is 2. The fourth-order valence-electron chi connectivity index (χ4n) is 10.3. The molecule has 0 aliphatic carbocycles. The van der Waals surface area contributed by atoms with E-state index in [2.05, 4.69) is 38.5 Å². The highest BCUT2D eigenvalue weighted by molar-refractivity contribution is 6.00. The third kappa shape index (κ3) is 16.7. The number of aliphatic imine (C=N–C) groups is 1. The third-order valence-corrected chi connectivity index (χ3v) is 14.8. The summed E-state index contributed by atoms with van der Waals surface area (Å²) in [4.78, 5) is 107. The van der Waals surface area contributed by atoms with Gasteiger partial charge in [0.15, 0.2) is 5.96 Å². The number of aryl methyl sites for hydroxylation is 1. The molecule has 3 heterocycles. The molecule has 3 aliphatic rings. The van der Waals surface area contributed by atoms with Crippen LogP contribution in [0.15, 0.2) is 102 Å². The summed E-state index contributed by atoms with van der Waals surface area (Å²) in [5.74, 6) is -4.55. The van der Waals surface area contributed by atoms with Gasteiger partial charge in [0.25, 0.3) is 5.91 Å². The Morgan fingerprint density at radius 2 is 1.33 bits per heavy atom. The molecule has 434 valence electrons. The summed E-state index contributed by atoms with van der Waals surface area (Å²) in [5, 5.41) is 45.7. The molecule has 7 rings (SSSR count). The predicted molar refractivity (Wildman–Crippen MR) is 304 cm³/mol. The Labute approximate surface area is 471 Å². The van der Waals surface area contributed by atoms with Gasteiger partial charge in [-0.25, -0.2) is 0 Å². The normalized spacial score (nSPS) is 23.6. The summed E-state index contributed by atoms with van der Waals surface area (Å²) >= 11 is 0. The van der Waals surface area contributed by atoms with Gasteiger partial charge in [0.2, 0.25) is 35.4 Å². The van der Waals surface area contributed by atoms with Crippen molar-refractivity contribution in [1.82, 2.24) is 36.4 Å². The van der Waals surface area contributed by atoms with Crippen LogP contribution in [0.3, 0.4) is 0 Å². The maximum Gasteiger partial charge on any atom is 0.251 e. The van der Waals surface area contributed by atoms with E-state index in [1.165, 1.54) is 24.0 Å². The van der Waals surface area contributed by atoms with E-state index in [0.717, 1.165) is 52.2 Å². The lowest BCUT2D eigenvalue weighted by Gasteiger charge is -2.32. The summed E-state index contributed by atoms with van der Waals surface area (Å²) in [6, 6.07) is 20.3. The molecule has 22 nitrogen and oxygen atoms in total. The standard InChI is InChI=1S/C59H77N11O11/c1-3-4-5-30-81-45-25-21-40(22-26-45)38-15-13-37(14-16-38)39-17-19-41(20-18-39)52(74)65-46-8-6-28-63-55(77)49-31-42(60)33-69(49)57(79)48(9-7-29-64-59(61)62)67-53(75)47(27-12-36-10-23-43(72)24-11-36)66-56(78)50-32-44(73)34-70(50)58(80)51(35(2)71)68-54(46)76/h10-11,13-26,35,42,44,46-51,71-73H,3-9,12,27-34,60H2,1-2H3,(H,63,77)(H,65,74)(H,66,78)(H,67,75)(H,68,76)(H4,61,62,64)/t35-,42?,44-,46?,47?,48+,49?,50?,51?/m1/s1. The van der Waals surface area contributed by atoms with Crippen LogP contribution in [0.1, 0.15) is 94.0 Å². The lowest BCUT2D eigenvalue weighted by molar-refractivity contribution is -0.145. The number of hydrogen-bond donors (Lipinski definition) is 11. The van der Waals surface area contributed by atoms with Crippen LogP contribution in [0, 0.1) is 0 Å². The van der Waals surface area contributed by atoms with Crippen LogP contribution >= 0.6 is 0 Å². The van der Waals surface area contributed by atoms with Gasteiger partial charge >= 0.3 is 0 Å². The molecule has 6 unspecified atom stereocenters. The molecule has 4 aromatic carbocycles. The second kappa shape index (κ2) is 28.9. The van der Waals surface area contributed by atoms with E-state index in [9.17, 15) is 48.9 Å². The SMILES string of the molecule is CCCCCOc1ccc(-c2ccc(-c3ccc(C(=O)NC4CCCNC(=O)C5CC(N)CN5C(=O)[C@H](CCCN=C(N)N)NC(=O)C(CCc5ccc(O)cc5)NC(=O)C5C[C@@H](O)CN5C(=O)C([C@@H](C)O)NC4=O)cc3)cc2)cc1. The fraction of sp³-hybridized carbons (Fsp3) is 0.458. The van der Waals surface area contributed by atoms with Crippen molar-refractivity contribution in [3.05, 3.63) is 108 Å². The van der Waals surface area contributed by atoms with Crippen LogP contribution < -0.4 is 48.5 Å². The Bertz CT molecular complexity index is 2830. The number of nitrogens with zero attached hydrogens (tertiary/aromatic N) is 3. The highest BCUT2D eigenvalue weighted by atomic mass is 16.5. The molecule has 0 bridgehead atoms. The zero-order valence-corrected chi connectivity index (χ0v) is 45.9. The zero-order chi connectivity index (χ0) is 58.2. The van der Waals surface area contributed by atoms with Gasteiger partial charge in [-0.05, 0) is 123 Å². The van der Waals surface area contributed by atoms with E-state index >= 15 is 0 Å². The molecule has 0 radical (unpaired) electrons. The number of aliphatic hydroxyl groups excluding tert-OH is 2. The van der Waals surface area contributed by atoms with Gasteiger partial charge in [-0.15, -0.1) is 0 Å². The number of aromatic hydroxyl groups is 1. The van der Waals surface area contributed by atoms with E-state index in [1.54, 1.807) is 36.4 Å². The average molecular weight is 1120 g/mol. The van der Waals surface area contributed by atoms with Crippen LogP contribution in [-0.2, 0) is 35.2 Å². The van der Waals surface area contributed by atoms with Gasteiger partial charge in [0.05, 0.1) is 18.8 Å². The number of phenolic OH excluding ortho intramolecular Hbond substituents is 1. The molecule has 3 fully saturated rings. The van der Waals surface area contributed by atoms with Gasteiger partial charge in [0, 0.05) is 44.2 Å². The van der Waals surface area contributed by atoms with Gasteiger partial charge in [-0.1, -0.05) is 80.4 Å².